The molecule has 2 rings (SSSR count). The van der Waals surface area contributed by atoms with Crippen molar-refractivity contribution in [1.29, 1.82) is 0 Å². The van der Waals surface area contributed by atoms with Gasteiger partial charge in [0, 0.05) is 19.3 Å². The normalized spacial score (nSPS) is 33.8. The quantitative estimate of drug-likeness (QED) is 0.237. The molecular formula is C15H25N3O9. The van der Waals surface area contributed by atoms with Crippen LogP contribution in [0.15, 0.2) is 10.2 Å². The number of aliphatic hydroxyl groups is 5. The van der Waals surface area contributed by atoms with Crippen LogP contribution in [-0.4, -0.2) is 93.0 Å². The van der Waals surface area contributed by atoms with E-state index in [0.29, 0.717) is 6.42 Å². The fourth-order valence-electron chi connectivity index (χ4n) is 2.85. The molecule has 2 aliphatic rings. The van der Waals surface area contributed by atoms with Crippen LogP contribution in [-0.2, 0) is 19.1 Å². The molecule has 2 heterocycles. The predicted octanol–water partition coefficient (Wildman–Crippen LogP) is -2.84. The van der Waals surface area contributed by atoms with Gasteiger partial charge in [-0.15, -0.1) is 0 Å². The molecule has 0 aromatic rings. The van der Waals surface area contributed by atoms with Gasteiger partial charge in [-0.2, -0.15) is 10.2 Å². The van der Waals surface area contributed by atoms with Crippen LogP contribution in [0.25, 0.3) is 0 Å². The smallest absolute Gasteiger partial charge is 0.366 e. The number of esters is 1. The zero-order valence-electron chi connectivity index (χ0n) is 15.0. The van der Waals surface area contributed by atoms with Crippen LogP contribution in [0.4, 0.5) is 0 Å². The summed E-state index contributed by atoms with van der Waals surface area (Å²) in [7, 11) is 0.993. The molecule has 0 aromatic carbocycles. The van der Waals surface area contributed by atoms with Gasteiger partial charge in [0.1, 0.15) is 18.3 Å². The summed E-state index contributed by atoms with van der Waals surface area (Å²) in [6, 6.07) is -1.26. The lowest BCUT2D eigenvalue weighted by molar-refractivity contribution is -0.296. The fraction of sp³-hybridized carbons (Fsp3) is 0.867. The third-order valence-electron chi connectivity index (χ3n) is 4.60. The number of aliphatic hydroxyl groups excluding tert-OH is 4. The number of hydrogen-bond acceptors (Lipinski definition) is 11. The molecule has 12 nitrogen and oxygen atoms in total. The Morgan fingerprint density at radius 3 is 2.52 bits per heavy atom. The van der Waals surface area contributed by atoms with Gasteiger partial charge in [-0.25, -0.2) is 4.79 Å². The van der Waals surface area contributed by atoms with E-state index in [1.165, 1.54) is 0 Å². The largest absolute Gasteiger partial charge is 0.465 e. The first kappa shape index (κ1) is 21.6. The van der Waals surface area contributed by atoms with Gasteiger partial charge in [0.25, 0.3) is 5.79 Å². The molecule has 154 valence electrons. The summed E-state index contributed by atoms with van der Waals surface area (Å²) in [4.78, 5) is 24.0. The molecule has 0 spiro atoms. The van der Waals surface area contributed by atoms with Crippen molar-refractivity contribution in [3.05, 3.63) is 0 Å². The monoisotopic (exact) mass is 391 g/mol. The van der Waals surface area contributed by atoms with Gasteiger partial charge in [0.2, 0.25) is 5.91 Å². The minimum Gasteiger partial charge on any atom is -0.465 e. The molecule has 12 heteroatoms. The highest BCUT2D eigenvalue weighted by Gasteiger charge is 2.54. The van der Waals surface area contributed by atoms with Crippen LogP contribution in [0, 0.1) is 0 Å². The summed E-state index contributed by atoms with van der Waals surface area (Å²) in [6.07, 6.45) is -6.92. The number of carbonyl (C=O) groups is 2. The van der Waals surface area contributed by atoms with Crippen molar-refractivity contribution in [2.75, 3.05) is 13.7 Å². The number of carbonyl (C=O) groups excluding carboxylic acids is 2. The number of methoxy groups -OCH3 is 1. The van der Waals surface area contributed by atoms with E-state index in [4.69, 9.17) is 9.84 Å². The van der Waals surface area contributed by atoms with Gasteiger partial charge >= 0.3 is 5.97 Å². The van der Waals surface area contributed by atoms with Crippen molar-refractivity contribution in [2.24, 2.45) is 10.2 Å². The van der Waals surface area contributed by atoms with Gasteiger partial charge in [-0.3, -0.25) is 4.79 Å². The number of ether oxygens (including phenoxy) is 2. The summed E-state index contributed by atoms with van der Waals surface area (Å²) in [6.45, 7) is 0.884. The maximum Gasteiger partial charge on any atom is 0.366 e. The molecule has 6 N–H and O–H groups in total. The Morgan fingerprint density at radius 2 is 2.00 bits per heavy atom. The van der Waals surface area contributed by atoms with E-state index in [2.05, 4.69) is 20.3 Å². The summed E-state index contributed by atoms with van der Waals surface area (Å²) in [5.74, 6) is -4.32. The fourth-order valence-corrected chi connectivity index (χ4v) is 2.85. The van der Waals surface area contributed by atoms with Crippen LogP contribution in [0.5, 0.6) is 0 Å². The highest BCUT2D eigenvalue weighted by Crippen LogP contribution is 2.33. The first-order chi connectivity index (χ1) is 12.5. The summed E-state index contributed by atoms with van der Waals surface area (Å²) in [5, 5.41) is 59.6. The Morgan fingerprint density at radius 1 is 1.37 bits per heavy atom. The van der Waals surface area contributed by atoms with E-state index >= 15 is 0 Å². The Hall–Kier alpha value is -1.70. The molecule has 0 bridgehead atoms. The van der Waals surface area contributed by atoms with Gasteiger partial charge in [0.15, 0.2) is 5.66 Å². The predicted molar refractivity (Wildman–Crippen MR) is 86.0 cm³/mol. The number of rotatable bonds is 8. The van der Waals surface area contributed by atoms with Gasteiger partial charge in [-0.1, -0.05) is 0 Å². The zero-order chi connectivity index (χ0) is 20.4. The maximum atomic E-state index is 12.2. The summed E-state index contributed by atoms with van der Waals surface area (Å²) < 4.78 is 9.63. The molecule has 1 amide bonds. The second-order valence-electron chi connectivity index (χ2n) is 6.88. The molecule has 0 saturated carbocycles. The lowest BCUT2D eigenvalue weighted by Gasteiger charge is -2.45. The van der Waals surface area contributed by atoms with Gasteiger partial charge in [0.05, 0.1) is 25.9 Å². The van der Waals surface area contributed by atoms with Crippen molar-refractivity contribution in [1.82, 2.24) is 5.32 Å². The molecule has 0 aliphatic carbocycles. The molecule has 2 aliphatic heterocycles. The zero-order valence-corrected chi connectivity index (χ0v) is 15.0. The van der Waals surface area contributed by atoms with E-state index in [1.807, 2.05) is 0 Å². The van der Waals surface area contributed by atoms with E-state index in [1.54, 1.807) is 6.92 Å². The Kier molecular flexibility index (Phi) is 6.50. The first-order valence-corrected chi connectivity index (χ1v) is 8.42. The van der Waals surface area contributed by atoms with Crippen LogP contribution in [0.2, 0.25) is 0 Å². The van der Waals surface area contributed by atoms with Crippen LogP contribution in [0.3, 0.4) is 0 Å². The number of nitrogens with one attached hydrogen (secondary N) is 1. The van der Waals surface area contributed by atoms with Crippen molar-refractivity contribution >= 4 is 11.9 Å². The third-order valence-corrected chi connectivity index (χ3v) is 4.60. The van der Waals surface area contributed by atoms with Crippen LogP contribution >= 0.6 is 0 Å². The lowest BCUT2D eigenvalue weighted by atomic mass is 9.88. The van der Waals surface area contributed by atoms with Crippen molar-refractivity contribution < 1.29 is 44.6 Å². The second kappa shape index (κ2) is 8.12. The Balaban J connectivity index is 2.13. The molecule has 0 radical (unpaired) electrons. The molecule has 6 atom stereocenters. The second-order valence-corrected chi connectivity index (χ2v) is 6.88. The van der Waals surface area contributed by atoms with Crippen molar-refractivity contribution in [2.45, 2.75) is 68.1 Å². The number of amides is 1. The van der Waals surface area contributed by atoms with E-state index in [0.717, 1.165) is 7.11 Å². The topological polar surface area (TPSA) is 190 Å². The number of nitrogens with zero attached hydrogens (tertiary/aromatic N) is 2. The Bertz CT molecular complexity index is 595. The standard InChI is InChI=1S/C15H25N3O9/c1-14(17-18-14)4-3-9(22)16-10-7(20)5-15(25,13(24)26-2)27-12(10)11(23)8(21)6-19/h7-8,10-12,19-21,23,25H,3-6H2,1-2H3,(H,16,22)/t7-,8+,10+,11+,12+,15+/m0/s1. The number of hydrogen-bond donors (Lipinski definition) is 6. The maximum absolute atomic E-state index is 12.2. The third kappa shape index (κ3) is 4.97. The minimum atomic E-state index is -2.59. The highest BCUT2D eigenvalue weighted by molar-refractivity contribution is 5.78. The average Bonchev–Trinajstić information content (AvgIpc) is 3.37. The summed E-state index contributed by atoms with van der Waals surface area (Å²) in [5.41, 5.74) is -0.601. The first-order valence-electron chi connectivity index (χ1n) is 8.42. The van der Waals surface area contributed by atoms with Gasteiger partial charge in [-0.05, 0) is 6.92 Å². The molecule has 0 aromatic heterocycles. The molecule has 1 fully saturated rings. The minimum absolute atomic E-state index is 0.0133. The van der Waals surface area contributed by atoms with Crippen molar-refractivity contribution in [3.8, 4) is 0 Å². The molecule has 0 unspecified atom stereocenters. The Labute approximate surface area is 154 Å². The van der Waals surface area contributed by atoms with E-state index in [9.17, 15) is 30.0 Å². The highest BCUT2D eigenvalue weighted by atomic mass is 16.7. The summed E-state index contributed by atoms with van der Waals surface area (Å²) >= 11 is 0. The molecule has 27 heavy (non-hydrogen) atoms. The van der Waals surface area contributed by atoms with Crippen LogP contribution < -0.4 is 5.32 Å². The lowest BCUT2D eigenvalue weighted by Crippen LogP contribution is -2.67. The SMILES string of the molecule is COC(=O)[C@@]1(O)C[C@H](O)[C@@H](NC(=O)CCC2(C)N=N2)[C@H]([C@H](O)[C@H](O)CO)O1. The molecule has 1 saturated heterocycles. The van der Waals surface area contributed by atoms with Crippen LogP contribution in [0.1, 0.15) is 26.2 Å². The van der Waals surface area contributed by atoms with Gasteiger partial charge < -0.3 is 40.3 Å². The van der Waals surface area contributed by atoms with E-state index < -0.39 is 66.8 Å². The van der Waals surface area contributed by atoms with Crippen molar-refractivity contribution in [3.63, 3.8) is 0 Å². The average molecular weight is 391 g/mol. The molecular weight excluding hydrogens is 366 g/mol. The van der Waals surface area contributed by atoms with E-state index in [-0.39, 0.29) is 6.42 Å².